The first-order valence-corrected chi connectivity index (χ1v) is 13.1. The van der Waals surface area contributed by atoms with Crippen LogP contribution < -0.4 is 11.1 Å². The van der Waals surface area contributed by atoms with Crippen molar-refractivity contribution in [2.45, 2.75) is 63.2 Å². The van der Waals surface area contributed by atoms with Crippen molar-refractivity contribution >= 4 is 57.9 Å². The molecule has 194 valence electrons. The zero-order valence-electron chi connectivity index (χ0n) is 20.3. The SMILES string of the molecule is CC(C)(CO)N1CCc2nc(C(=O)NC3CCCC3(N)C(=O)c3cc4cc(Cl)ccc4[nH]3)sc2C1.Cl. The Labute approximate surface area is 225 Å². The number of nitrogens with two attached hydrogens (primary N) is 1. The molecule has 1 saturated carbocycles. The Morgan fingerprint density at radius 3 is 2.92 bits per heavy atom. The fourth-order valence-electron chi connectivity index (χ4n) is 5.11. The van der Waals surface area contributed by atoms with Gasteiger partial charge in [-0.05, 0) is 57.4 Å². The molecule has 5 rings (SSSR count). The van der Waals surface area contributed by atoms with Crippen molar-refractivity contribution in [1.82, 2.24) is 20.2 Å². The number of carbonyl (C=O) groups is 2. The summed E-state index contributed by atoms with van der Waals surface area (Å²) in [5, 5.41) is 14.6. The number of aliphatic hydroxyl groups excluding tert-OH is 1. The highest BCUT2D eigenvalue weighted by molar-refractivity contribution is 7.13. The summed E-state index contributed by atoms with van der Waals surface area (Å²) in [6.45, 7) is 5.51. The fraction of sp³-hybridized carbons (Fsp3) is 0.480. The van der Waals surface area contributed by atoms with Gasteiger partial charge in [0.2, 0.25) is 5.78 Å². The maximum absolute atomic E-state index is 13.5. The molecule has 3 heterocycles. The molecule has 1 fully saturated rings. The Bertz CT molecular complexity index is 1310. The number of hydrogen-bond acceptors (Lipinski definition) is 7. The monoisotopic (exact) mass is 551 g/mol. The maximum atomic E-state index is 13.5. The van der Waals surface area contributed by atoms with Crippen molar-refractivity contribution in [3.8, 4) is 0 Å². The van der Waals surface area contributed by atoms with Gasteiger partial charge in [0.25, 0.3) is 5.91 Å². The van der Waals surface area contributed by atoms with Crippen LogP contribution in [-0.2, 0) is 13.0 Å². The van der Waals surface area contributed by atoms with Gasteiger partial charge in [0.05, 0.1) is 24.0 Å². The number of aromatic amines is 1. The molecule has 36 heavy (non-hydrogen) atoms. The van der Waals surface area contributed by atoms with E-state index in [1.807, 2.05) is 19.9 Å². The van der Waals surface area contributed by atoms with E-state index < -0.39 is 11.6 Å². The van der Waals surface area contributed by atoms with Crippen LogP contribution in [0.1, 0.15) is 64.0 Å². The van der Waals surface area contributed by atoms with Crippen LogP contribution in [0.2, 0.25) is 5.02 Å². The minimum atomic E-state index is -1.20. The lowest BCUT2D eigenvalue weighted by Crippen LogP contribution is -2.60. The van der Waals surface area contributed by atoms with Gasteiger partial charge in [0.1, 0.15) is 5.54 Å². The van der Waals surface area contributed by atoms with Crippen molar-refractivity contribution in [2.24, 2.45) is 5.73 Å². The molecular weight excluding hydrogens is 521 g/mol. The van der Waals surface area contributed by atoms with Crippen molar-refractivity contribution in [1.29, 1.82) is 0 Å². The molecule has 0 radical (unpaired) electrons. The Hall–Kier alpha value is -2.01. The van der Waals surface area contributed by atoms with E-state index in [-0.39, 0.29) is 36.2 Å². The third kappa shape index (κ3) is 4.80. The third-order valence-corrected chi connectivity index (χ3v) is 8.75. The van der Waals surface area contributed by atoms with Gasteiger partial charge in [-0.1, -0.05) is 11.6 Å². The van der Waals surface area contributed by atoms with Crippen LogP contribution in [0, 0.1) is 0 Å². The van der Waals surface area contributed by atoms with Crippen molar-refractivity contribution in [2.75, 3.05) is 13.2 Å². The number of thiazole rings is 1. The highest BCUT2D eigenvalue weighted by Crippen LogP contribution is 2.34. The molecule has 3 aromatic rings. The van der Waals surface area contributed by atoms with Crippen LogP contribution in [0.25, 0.3) is 10.9 Å². The normalized spacial score (nSPS) is 22.3. The van der Waals surface area contributed by atoms with Crippen LogP contribution in [0.5, 0.6) is 0 Å². The van der Waals surface area contributed by atoms with Crippen molar-refractivity contribution < 1.29 is 14.7 Å². The molecule has 1 aliphatic heterocycles. The molecule has 11 heteroatoms. The van der Waals surface area contributed by atoms with Gasteiger partial charge < -0.3 is 21.1 Å². The summed E-state index contributed by atoms with van der Waals surface area (Å²) >= 11 is 7.46. The standard InChI is InChI=1S/C25H30ClN5O3S.ClH/c1-24(2,13-32)31-9-7-17-19(12-31)35-23(29-17)22(34)30-20-4-3-8-25(20,27)21(33)18-11-14-10-15(26)5-6-16(14)28-18;/h5-6,10-11,20,28,32H,3-4,7-9,12-13,27H2,1-2H3,(H,30,34);1H. The molecule has 2 aliphatic rings. The average Bonchev–Trinajstić information content (AvgIpc) is 3.55. The quantitative estimate of drug-likeness (QED) is 0.346. The number of fused-ring (bicyclic) bond motifs is 2. The minimum Gasteiger partial charge on any atom is -0.394 e. The summed E-state index contributed by atoms with van der Waals surface area (Å²) in [6, 6.07) is 6.68. The molecular formula is C25H31Cl2N5O3S. The molecule has 2 aromatic heterocycles. The molecule has 1 aliphatic carbocycles. The van der Waals surface area contributed by atoms with Gasteiger partial charge in [-0.3, -0.25) is 14.5 Å². The summed E-state index contributed by atoms with van der Waals surface area (Å²) in [5.74, 6) is -0.511. The average molecular weight is 553 g/mol. The lowest BCUT2D eigenvalue weighted by Gasteiger charge is -2.39. The Kier molecular flexibility index (Phi) is 7.54. The highest BCUT2D eigenvalue weighted by atomic mass is 35.5. The van der Waals surface area contributed by atoms with Crippen LogP contribution in [0.4, 0.5) is 0 Å². The summed E-state index contributed by atoms with van der Waals surface area (Å²) < 4.78 is 0. The van der Waals surface area contributed by atoms with Crippen LogP contribution >= 0.6 is 35.3 Å². The molecule has 2 atom stereocenters. The van der Waals surface area contributed by atoms with Gasteiger partial charge in [-0.15, -0.1) is 23.7 Å². The van der Waals surface area contributed by atoms with Crippen LogP contribution in [0.3, 0.4) is 0 Å². The van der Waals surface area contributed by atoms with E-state index in [4.69, 9.17) is 17.3 Å². The number of halogens is 2. The maximum Gasteiger partial charge on any atom is 0.280 e. The van der Waals surface area contributed by atoms with Crippen LogP contribution in [0.15, 0.2) is 24.3 Å². The third-order valence-electron chi connectivity index (χ3n) is 7.43. The highest BCUT2D eigenvalue weighted by Gasteiger charge is 2.47. The smallest absolute Gasteiger partial charge is 0.280 e. The van der Waals surface area contributed by atoms with E-state index in [0.29, 0.717) is 35.1 Å². The Morgan fingerprint density at radius 1 is 1.39 bits per heavy atom. The number of carbonyl (C=O) groups excluding carboxylic acids is 2. The fourth-order valence-corrected chi connectivity index (χ4v) is 6.32. The van der Waals surface area contributed by atoms with Crippen molar-refractivity contribution in [3.05, 3.63) is 50.6 Å². The number of Topliss-reactive ketones (excluding diaryl/α,β-unsaturated/α-hetero) is 1. The van der Waals surface area contributed by atoms with Gasteiger partial charge in [0, 0.05) is 45.9 Å². The zero-order valence-corrected chi connectivity index (χ0v) is 22.7. The number of nitrogens with one attached hydrogen (secondary N) is 2. The number of rotatable bonds is 6. The number of nitrogens with zero attached hydrogens (tertiary/aromatic N) is 2. The van der Waals surface area contributed by atoms with Crippen LogP contribution in [-0.4, -0.2) is 61.9 Å². The lowest BCUT2D eigenvalue weighted by atomic mass is 9.87. The van der Waals surface area contributed by atoms with Crippen molar-refractivity contribution in [3.63, 3.8) is 0 Å². The molecule has 0 spiro atoms. The Balaban J connectivity index is 0.00000304. The van der Waals surface area contributed by atoms with E-state index in [1.165, 1.54) is 11.3 Å². The molecule has 0 saturated heterocycles. The number of hydrogen-bond donors (Lipinski definition) is 4. The number of ketones is 1. The van der Waals surface area contributed by atoms with Gasteiger partial charge in [0.15, 0.2) is 5.01 Å². The molecule has 0 bridgehead atoms. The minimum absolute atomic E-state index is 0. The molecule has 1 aromatic carbocycles. The largest absolute Gasteiger partial charge is 0.394 e. The first-order chi connectivity index (χ1) is 16.6. The summed E-state index contributed by atoms with van der Waals surface area (Å²) in [5.41, 5.74) is 7.32. The number of H-pyrrole nitrogens is 1. The predicted octanol–water partition coefficient (Wildman–Crippen LogP) is 3.69. The zero-order chi connectivity index (χ0) is 25.0. The molecule has 1 amide bonds. The number of amides is 1. The second-order valence-corrected chi connectivity index (χ2v) is 11.8. The summed E-state index contributed by atoms with van der Waals surface area (Å²) in [6.07, 6.45) is 2.60. The molecule has 2 unspecified atom stereocenters. The van der Waals surface area contributed by atoms with E-state index in [9.17, 15) is 14.7 Å². The predicted molar refractivity (Wildman–Crippen MR) is 144 cm³/mol. The van der Waals surface area contributed by atoms with Gasteiger partial charge in [-0.2, -0.15) is 0 Å². The first kappa shape index (κ1) is 27.0. The second-order valence-electron chi connectivity index (χ2n) is 10.2. The number of benzene rings is 1. The lowest BCUT2D eigenvalue weighted by molar-refractivity contribution is 0.0471. The molecule has 5 N–H and O–H groups in total. The summed E-state index contributed by atoms with van der Waals surface area (Å²) in [4.78, 5) is 37.7. The van der Waals surface area contributed by atoms with E-state index in [0.717, 1.165) is 40.9 Å². The van der Waals surface area contributed by atoms with E-state index in [2.05, 4.69) is 20.2 Å². The second kappa shape index (κ2) is 10.0. The van der Waals surface area contributed by atoms with Gasteiger partial charge in [-0.25, -0.2) is 4.98 Å². The number of aromatic nitrogens is 2. The topological polar surface area (TPSA) is 124 Å². The molecule has 8 nitrogen and oxygen atoms in total. The Morgan fingerprint density at radius 2 is 2.17 bits per heavy atom. The van der Waals surface area contributed by atoms with Gasteiger partial charge >= 0.3 is 0 Å². The first-order valence-electron chi connectivity index (χ1n) is 11.9. The summed E-state index contributed by atoms with van der Waals surface area (Å²) in [7, 11) is 0. The number of aliphatic hydroxyl groups is 1. The van der Waals surface area contributed by atoms with E-state index in [1.54, 1.807) is 18.2 Å². The van der Waals surface area contributed by atoms with E-state index >= 15 is 0 Å².